The van der Waals surface area contributed by atoms with Crippen molar-refractivity contribution in [2.75, 3.05) is 0 Å². The van der Waals surface area contributed by atoms with E-state index in [2.05, 4.69) is 15.5 Å². The Bertz CT molecular complexity index is 706. The molecule has 0 spiro atoms. The number of hydrogen-bond donors (Lipinski definition) is 1. The minimum Gasteiger partial charge on any atom is -0.343 e. The molecule has 7 heteroatoms. The molecule has 1 aromatic heterocycles. The van der Waals surface area contributed by atoms with E-state index >= 15 is 0 Å². The summed E-state index contributed by atoms with van der Waals surface area (Å²) in [5.74, 6) is 0.156. The number of hydrogen-bond acceptors (Lipinski definition) is 4. The van der Waals surface area contributed by atoms with Crippen LogP contribution in [0.2, 0.25) is 5.02 Å². The van der Waals surface area contributed by atoms with Crippen LogP contribution >= 0.6 is 11.6 Å². The molecule has 0 bridgehead atoms. The Kier molecular flexibility index (Phi) is 4.35. The lowest BCUT2D eigenvalue weighted by atomic mass is 9.96. The predicted molar refractivity (Wildman–Crippen MR) is 82.4 cm³/mol. The zero-order valence-corrected chi connectivity index (χ0v) is 13.5. The summed E-state index contributed by atoms with van der Waals surface area (Å²) in [7, 11) is 0. The molecular weight excluding hydrogens is 321 g/mol. The van der Waals surface area contributed by atoms with Crippen LogP contribution in [0.4, 0.5) is 4.39 Å². The van der Waals surface area contributed by atoms with Crippen molar-refractivity contribution in [1.29, 1.82) is 0 Å². The molecular formula is C16H17ClFN3O2. The van der Waals surface area contributed by atoms with Crippen molar-refractivity contribution >= 4 is 17.5 Å². The Morgan fingerprint density at radius 2 is 2.17 bits per heavy atom. The fraction of sp³-hybridized carbons (Fsp3) is 0.438. The quantitative estimate of drug-likeness (QED) is 0.929. The maximum absolute atomic E-state index is 13.8. The highest BCUT2D eigenvalue weighted by Crippen LogP contribution is 2.37. The van der Waals surface area contributed by atoms with Gasteiger partial charge in [-0.3, -0.25) is 4.79 Å². The SMILES string of the molecule is Cc1nc(C2(NC(=O)Cc3c(F)cccc3Cl)CCCC2)no1. The van der Waals surface area contributed by atoms with Gasteiger partial charge in [0.05, 0.1) is 6.42 Å². The molecule has 3 rings (SSSR count). The standard InChI is InChI=1S/C16H17ClFN3O2/c1-10-19-15(21-23-10)16(7-2-3-8-16)20-14(22)9-11-12(17)5-4-6-13(11)18/h4-6H,2-3,7-9H2,1H3,(H,20,22). The molecule has 1 amide bonds. The van der Waals surface area contributed by atoms with Gasteiger partial charge in [-0.25, -0.2) is 4.39 Å². The van der Waals surface area contributed by atoms with Crippen molar-refractivity contribution in [2.24, 2.45) is 0 Å². The Hall–Kier alpha value is -1.95. The Morgan fingerprint density at radius 3 is 2.78 bits per heavy atom. The zero-order chi connectivity index (χ0) is 16.4. The molecule has 122 valence electrons. The number of amides is 1. The zero-order valence-electron chi connectivity index (χ0n) is 12.7. The van der Waals surface area contributed by atoms with E-state index in [1.54, 1.807) is 13.0 Å². The molecule has 0 atom stereocenters. The number of aromatic nitrogens is 2. The number of carbonyl (C=O) groups excluding carboxylic acids is 1. The third-order valence-corrected chi connectivity index (χ3v) is 4.54. The molecule has 1 fully saturated rings. The van der Waals surface area contributed by atoms with Crippen LogP contribution in [0.3, 0.4) is 0 Å². The van der Waals surface area contributed by atoms with Gasteiger partial charge in [-0.2, -0.15) is 4.98 Å². The Labute approximate surface area is 138 Å². The molecule has 1 heterocycles. The number of nitrogens with one attached hydrogen (secondary N) is 1. The molecule has 23 heavy (non-hydrogen) atoms. The molecule has 2 aromatic rings. The minimum absolute atomic E-state index is 0.121. The van der Waals surface area contributed by atoms with Gasteiger partial charge in [0.2, 0.25) is 11.8 Å². The average Bonchev–Trinajstić information content (AvgIpc) is 3.13. The van der Waals surface area contributed by atoms with E-state index in [1.165, 1.54) is 12.1 Å². The molecule has 1 saturated carbocycles. The van der Waals surface area contributed by atoms with E-state index in [1.807, 2.05) is 0 Å². The number of rotatable bonds is 4. The number of aryl methyl sites for hydroxylation is 1. The Morgan fingerprint density at radius 1 is 1.43 bits per heavy atom. The highest BCUT2D eigenvalue weighted by molar-refractivity contribution is 6.31. The minimum atomic E-state index is -0.632. The summed E-state index contributed by atoms with van der Waals surface area (Å²) < 4.78 is 18.9. The van der Waals surface area contributed by atoms with Gasteiger partial charge in [-0.15, -0.1) is 0 Å². The highest BCUT2D eigenvalue weighted by Gasteiger charge is 2.41. The lowest BCUT2D eigenvalue weighted by Gasteiger charge is -2.26. The molecule has 1 N–H and O–H groups in total. The maximum Gasteiger partial charge on any atom is 0.225 e. The van der Waals surface area contributed by atoms with Crippen molar-refractivity contribution in [1.82, 2.24) is 15.5 Å². The van der Waals surface area contributed by atoms with Crippen LogP contribution in [0.1, 0.15) is 43.0 Å². The van der Waals surface area contributed by atoms with Gasteiger partial charge < -0.3 is 9.84 Å². The van der Waals surface area contributed by atoms with Crippen LogP contribution in [-0.4, -0.2) is 16.0 Å². The third-order valence-electron chi connectivity index (χ3n) is 4.19. The topological polar surface area (TPSA) is 68.0 Å². The number of nitrogens with zero attached hydrogens (tertiary/aromatic N) is 2. The number of benzene rings is 1. The largest absolute Gasteiger partial charge is 0.343 e. The van der Waals surface area contributed by atoms with Crippen molar-refractivity contribution in [3.8, 4) is 0 Å². The van der Waals surface area contributed by atoms with Crippen LogP contribution in [0.25, 0.3) is 0 Å². The summed E-state index contributed by atoms with van der Waals surface area (Å²) in [5.41, 5.74) is -0.434. The number of halogens is 2. The second-order valence-corrected chi connectivity index (χ2v) is 6.26. The third kappa shape index (κ3) is 3.22. The van der Waals surface area contributed by atoms with Crippen LogP contribution in [0, 0.1) is 12.7 Å². The summed E-state index contributed by atoms with van der Waals surface area (Å²) in [6, 6.07) is 4.38. The molecule has 0 unspecified atom stereocenters. The normalized spacial score (nSPS) is 16.5. The Balaban J connectivity index is 1.80. The van der Waals surface area contributed by atoms with Gasteiger partial charge in [0.25, 0.3) is 0 Å². The molecule has 1 aliphatic carbocycles. The molecule has 1 aliphatic rings. The smallest absolute Gasteiger partial charge is 0.225 e. The lowest BCUT2D eigenvalue weighted by molar-refractivity contribution is -0.122. The first-order chi connectivity index (χ1) is 11.0. The van der Waals surface area contributed by atoms with Crippen LogP contribution in [-0.2, 0) is 16.8 Å². The maximum atomic E-state index is 13.8. The average molecular weight is 338 g/mol. The fourth-order valence-electron chi connectivity index (χ4n) is 3.05. The molecule has 0 radical (unpaired) electrons. The summed E-state index contributed by atoms with van der Waals surface area (Å²) in [6.45, 7) is 1.71. The lowest BCUT2D eigenvalue weighted by Crippen LogP contribution is -2.45. The molecule has 0 saturated heterocycles. The van der Waals surface area contributed by atoms with Crippen LogP contribution < -0.4 is 5.32 Å². The summed E-state index contributed by atoms with van der Waals surface area (Å²) >= 11 is 5.99. The van der Waals surface area contributed by atoms with E-state index in [0.29, 0.717) is 11.7 Å². The van der Waals surface area contributed by atoms with Gasteiger partial charge >= 0.3 is 0 Å². The summed E-state index contributed by atoms with van der Waals surface area (Å²) in [5, 5.41) is 7.19. The van der Waals surface area contributed by atoms with Gasteiger partial charge in [-0.05, 0) is 25.0 Å². The van der Waals surface area contributed by atoms with E-state index in [4.69, 9.17) is 16.1 Å². The first kappa shape index (κ1) is 15.9. The van der Waals surface area contributed by atoms with Crippen molar-refractivity contribution in [3.63, 3.8) is 0 Å². The van der Waals surface area contributed by atoms with Gasteiger partial charge in [0.1, 0.15) is 11.4 Å². The first-order valence-corrected chi connectivity index (χ1v) is 7.93. The van der Waals surface area contributed by atoms with Gasteiger partial charge in [-0.1, -0.05) is 35.7 Å². The second kappa shape index (κ2) is 6.28. The van der Waals surface area contributed by atoms with E-state index in [-0.39, 0.29) is 22.9 Å². The number of carbonyl (C=O) groups is 1. The van der Waals surface area contributed by atoms with Crippen LogP contribution in [0.15, 0.2) is 22.7 Å². The van der Waals surface area contributed by atoms with E-state index < -0.39 is 11.4 Å². The highest BCUT2D eigenvalue weighted by atomic mass is 35.5. The molecule has 1 aromatic carbocycles. The van der Waals surface area contributed by atoms with Crippen molar-refractivity contribution in [3.05, 3.63) is 46.3 Å². The van der Waals surface area contributed by atoms with Crippen LogP contribution in [0.5, 0.6) is 0 Å². The van der Waals surface area contributed by atoms with E-state index in [0.717, 1.165) is 25.7 Å². The fourth-order valence-corrected chi connectivity index (χ4v) is 3.28. The van der Waals surface area contributed by atoms with Gasteiger partial charge in [0.15, 0.2) is 5.82 Å². The van der Waals surface area contributed by atoms with Crippen molar-refractivity contribution in [2.45, 2.75) is 44.6 Å². The monoisotopic (exact) mass is 337 g/mol. The molecule has 0 aliphatic heterocycles. The van der Waals surface area contributed by atoms with Gasteiger partial charge in [0, 0.05) is 17.5 Å². The second-order valence-electron chi connectivity index (χ2n) is 5.85. The first-order valence-electron chi connectivity index (χ1n) is 7.55. The predicted octanol–water partition coefficient (Wildman–Crippen LogP) is 3.30. The van der Waals surface area contributed by atoms with E-state index in [9.17, 15) is 9.18 Å². The summed E-state index contributed by atoms with van der Waals surface area (Å²) in [6.07, 6.45) is 3.29. The summed E-state index contributed by atoms with van der Waals surface area (Å²) in [4.78, 5) is 16.7. The molecule has 5 nitrogen and oxygen atoms in total. The van der Waals surface area contributed by atoms with Crippen molar-refractivity contribution < 1.29 is 13.7 Å².